The number of halogens is 3. The summed E-state index contributed by atoms with van der Waals surface area (Å²) in [5.41, 5.74) is 0.306. The van der Waals surface area contributed by atoms with Crippen molar-refractivity contribution in [3.05, 3.63) is 58.6 Å². The smallest absolute Gasteiger partial charge is 0.422 e. The molecule has 2 N–H and O–H groups in total. The van der Waals surface area contributed by atoms with E-state index in [1.807, 2.05) is 0 Å². The zero-order chi connectivity index (χ0) is 20.0. The SMILES string of the molecule is CC(Nc1ccc(OCC(F)(F)F)cc1)C(=O)Nc1ccccc1[N+](=O)[O-]. The van der Waals surface area contributed by atoms with Gasteiger partial charge in [-0.15, -0.1) is 0 Å². The summed E-state index contributed by atoms with van der Waals surface area (Å²) >= 11 is 0. The molecule has 1 atom stereocenters. The number of ether oxygens (including phenoxy) is 1. The maximum absolute atomic E-state index is 12.2. The van der Waals surface area contributed by atoms with Crippen LogP contribution in [-0.2, 0) is 4.79 Å². The third kappa shape index (κ3) is 6.17. The molecule has 0 aliphatic carbocycles. The van der Waals surface area contributed by atoms with E-state index in [9.17, 15) is 28.1 Å². The Hall–Kier alpha value is -3.30. The molecule has 144 valence electrons. The summed E-state index contributed by atoms with van der Waals surface area (Å²) in [6.45, 7) is 0.145. The van der Waals surface area contributed by atoms with Gasteiger partial charge in [0.05, 0.1) is 4.92 Å². The van der Waals surface area contributed by atoms with Crippen molar-refractivity contribution in [2.45, 2.75) is 19.1 Å². The Labute approximate surface area is 152 Å². The number of amides is 1. The lowest BCUT2D eigenvalue weighted by molar-refractivity contribution is -0.383. The van der Waals surface area contributed by atoms with Gasteiger partial charge < -0.3 is 15.4 Å². The van der Waals surface area contributed by atoms with Gasteiger partial charge in [-0.1, -0.05) is 12.1 Å². The van der Waals surface area contributed by atoms with Gasteiger partial charge in [0.1, 0.15) is 17.5 Å². The van der Waals surface area contributed by atoms with Gasteiger partial charge in [-0.2, -0.15) is 13.2 Å². The number of alkyl halides is 3. The number of hydrogen-bond acceptors (Lipinski definition) is 5. The van der Waals surface area contributed by atoms with E-state index in [1.54, 1.807) is 6.07 Å². The number of benzene rings is 2. The maximum Gasteiger partial charge on any atom is 0.422 e. The Kier molecular flexibility index (Phi) is 6.22. The summed E-state index contributed by atoms with van der Waals surface area (Å²) in [5, 5.41) is 16.3. The van der Waals surface area contributed by atoms with Crippen LogP contribution in [0.15, 0.2) is 48.5 Å². The fourth-order valence-corrected chi connectivity index (χ4v) is 2.11. The molecule has 0 radical (unpaired) electrons. The lowest BCUT2D eigenvalue weighted by atomic mass is 10.2. The second-order valence-electron chi connectivity index (χ2n) is 5.56. The van der Waals surface area contributed by atoms with Crippen LogP contribution in [0.25, 0.3) is 0 Å². The lowest BCUT2D eigenvalue weighted by Crippen LogP contribution is -2.32. The van der Waals surface area contributed by atoms with Crippen LogP contribution >= 0.6 is 0 Å². The minimum absolute atomic E-state index is 0.0369. The Morgan fingerprint density at radius 2 is 1.81 bits per heavy atom. The predicted octanol–water partition coefficient (Wildman–Crippen LogP) is 3.98. The molecule has 0 spiro atoms. The van der Waals surface area contributed by atoms with E-state index in [0.29, 0.717) is 5.69 Å². The molecule has 2 aromatic rings. The summed E-state index contributed by atoms with van der Waals surface area (Å²) in [5.74, 6) is -0.475. The number of nitro benzene ring substituents is 1. The third-order valence-corrected chi connectivity index (χ3v) is 3.39. The van der Waals surface area contributed by atoms with Crippen molar-refractivity contribution >= 4 is 23.0 Å². The number of nitrogens with zero attached hydrogens (tertiary/aromatic N) is 1. The quantitative estimate of drug-likeness (QED) is 0.557. The zero-order valence-electron chi connectivity index (χ0n) is 14.1. The molecule has 2 aromatic carbocycles. The standard InChI is InChI=1S/C17H16F3N3O4/c1-11(16(24)22-14-4-2-3-5-15(14)23(25)26)21-12-6-8-13(9-7-12)27-10-17(18,19)20/h2-9,11,21H,10H2,1H3,(H,22,24). The molecule has 7 nitrogen and oxygen atoms in total. The Morgan fingerprint density at radius 3 is 2.41 bits per heavy atom. The first-order valence-corrected chi connectivity index (χ1v) is 7.76. The third-order valence-electron chi connectivity index (χ3n) is 3.39. The van der Waals surface area contributed by atoms with Crippen molar-refractivity contribution in [1.29, 1.82) is 0 Å². The van der Waals surface area contributed by atoms with Gasteiger partial charge in [0, 0.05) is 11.8 Å². The van der Waals surface area contributed by atoms with Crippen LogP contribution in [0.3, 0.4) is 0 Å². The molecule has 1 amide bonds. The highest BCUT2D eigenvalue weighted by molar-refractivity contribution is 5.97. The fourth-order valence-electron chi connectivity index (χ4n) is 2.11. The Bertz CT molecular complexity index is 810. The summed E-state index contributed by atoms with van der Waals surface area (Å²) < 4.78 is 40.9. The first-order valence-electron chi connectivity index (χ1n) is 7.76. The van der Waals surface area contributed by atoms with Gasteiger partial charge in [0.15, 0.2) is 6.61 Å². The van der Waals surface area contributed by atoms with Crippen LogP contribution in [0.5, 0.6) is 5.75 Å². The molecule has 0 saturated carbocycles. The van der Waals surface area contributed by atoms with Gasteiger partial charge >= 0.3 is 6.18 Å². The van der Waals surface area contributed by atoms with Gasteiger partial charge in [-0.25, -0.2) is 0 Å². The molecule has 10 heteroatoms. The van der Waals surface area contributed by atoms with Crippen molar-refractivity contribution in [2.24, 2.45) is 0 Å². The second-order valence-corrected chi connectivity index (χ2v) is 5.56. The van der Waals surface area contributed by atoms with Crippen LogP contribution in [0.2, 0.25) is 0 Å². The van der Waals surface area contributed by atoms with Crippen LogP contribution in [0.1, 0.15) is 6.92 Å². The van der Waals surface area contributed by atoms with Crippen molar-refractivity contribution in [3.63, 3.8) is 0 Å². The lowest BCUT2D eigenvalue weighted by Gasteiger charge is -2.16. The monoisotopic (exact) mass is 383 g/mol. The number of nitrogens with one attached hydrogen (secondary N) is 2. The molecule has 0 aliphatic rings. The topological polar surface area (TPSA) is 93.5 Å². The molecule has 0 aliphatic heterocycles. The number of rotatable bonds is 7. The highest BCUT2D eigenvalue weighted by Crippen LogP contribution is 2.24. The molecule has 0 aromatic heterocycles. The van der Waals surface area contributed by atoms with Gasteiger partial charge in [0.25, 0.3) is 5.69 Å². The summed E-state index contributed by atoms with van der Waals surface area (Å²) in [6, 6.07) is 10.6. The number of anilines is 2. The minimum Gasteiger partial charge on any atom is -0.484 e. The highest BCUT2D eigenvalue weighted by Gasteiger charge is 2.28. The van der Waals surface area contributed by atoms with Crippen molar-refractivity contribution < 1.29 is 27.6 Å². The number of nitro groups is 1. The molecule has 0 heterocycles. The van der Waals surface area contributed by atoms with Crippen LogP contribution in [0, 0.1) is 10.1 Å². The fraction of sp³-hybridized carbons (Fsp3) is 0.235. The van der Waals surface area contributed by atoms with E-state index < -0.39 is 29.7 Å². The van der Waals surface area contributed by atoms with Crippen LogP contribution < -0.4 is 15.4 Å². The average molecular weight is 383 g/mol. The normalized spacial score (nSPS) is 12.1. The molecule has 2 rings (SSSR count). The van der Waals surface area contributed by atoms with Crippen molar-refractivity contribution in [3.8, 4) is 5.75 Å². The molecule has 0 saturated heterocycles. The van der Waals surface area contributed by atoms with E-state index in [0.717, 1.165) is 0 Å². The number of hydrogen-bond donors (Lipinski definition) is 2. The van der Waals surface area contributed by atoms with E-state index in [4.69, 9.17) is 0 Å². The molecule has 1 unspecified atom stereocenters. The first kappa shape index (κ1) is 20.0. The van der Waals surface area contributed by atoms with Crippen molar-refractivity contribution in [1.82, 2.24) is 0 Å². The van der Waals surface area contributed by atoms with E-state index in [2.05, 4.69) is 15.4 Å². The van der Waals surface area contributed by atoms with Gasteiger partial charge in [-0.3, -0.25) is 14.9 Å². The molecule has 0 bridgehead atoms. The number of carbonyl (C=O) groups is 1. The minimum atomic E-state index is -4.43. The Morgan fingerprint density at radius 1 is 1.19 bits per heavy atom. The van der Waals surface area contributed by atoms with Crippen LogP contribution in [-0.4, -0.2) is 29.7 Å². The van der Waals surface area contributed by atoms with Crippen LogP contribution in [0.4, 0.5) is 30.2 Å². The number of carbonyl (C=O) groups excluding carboxylic acids is 1. The largest absolute Gasteiger partial charge is 0.484 e. The summed E-state index contributed by atoms with van der Waals surface area (Å²) in [7, 11) is 0. The molecular formula is C17H16F3N3O4. The molecule has 0 fully saturated rings. The summed E-state index contributed by atoms with van der Waals surface area (Å²) in [4.78, 5) is 22.6. The molecule has 27 heavy (non-hydrogen) atoms. The first-order chi connectivity index (χ1) is 12.7. The van der Waals surface area contributed by atoms with E-state index in [-0.39, 0.29) is 17.1 Å². The summed E-state index contributed by atoms with van der Waals surface area (Å²) in [6.07, 6.45) is -4.43. The van der Waals surface area contributed by atoms with Crippen molar-refractivity contribution in [2.75, 3.05) is 17.2 Å². The maximum atomic E-state index is 12.2. The number of para-hydroxylation sites is 2. The average Bonchev–Trinajstić information content (AvgIpc) is 2.60. The second kappa shape index (κ2) is 8.39. The van der Waals surface area contributed by atoms with E-state index in [1.165, 1.54) is 49.4 Å². The molecular weight excluding hydrogens is 367 g/mol. The van der Waals surface area contributed by atoms with E-state index >= 15 is 0 Å². The van der Waals surface area contributed by atoms with Gasteiger partial charge in [-0.05, 0) is 37.3 Å². The van der Waals surface area contributed by atoms with Gasteiger partial charge in [0.2, 0.25) is 5.91 Å². The predicted molar refractivity (Wildman–Crippen MR) is 92.8 cm³/mol. The zero-order valence-corrected chi connectivity index (χ0v) is 14.1. The Balaban J connectivity index is 1.95. The highest BCUT2D eigenvalue weighted by atomic mass is 19.4.